The smallest absolute Gasteiger partial charge is 0.280 e. The highest BCUT2D eigenvalue weighted by Crippen LogP contribution is 2.70. The van der Waals surface area contributed by atoms with E-state index in [0.717, 1.165) is 19.3 Å². The van der Waals surface area contributed by atoms with Gasteiger partial charge in [-0.3, -0.25) is 15.6 Å². The highest BCUT2D eigenvalue weighted by atomic mass is 19.4. The molecular weight excluding hydrogens is 333 g/mol. The molecule has 8 heteroatoms. The molecule has 5 rings (SSSR count). The van der Waals surface area contributed by atoms with Gasteiger partial charge in [0, 0.05) is 12.6 Å². The third-order valence-corrected chi connectivity index (χ3v) is 6.22. The number of hydrogen-bond donors (Lipinski definition) is 2. The number of nitrogens with one attached hydrogen (secondary N) is 2. The fraction of sp³-hybridized carbons (Fsp3) is 0.706. The van der Waals surface area contributed by atoms with Crippen molar-refractivity contribution in [1.29, 1.82) is 0 Å². The molecule has 5 nitrogen and oxygen atoms in total. The Bertz CT molecular complexity index is 650. The minimum absolute atomic E-state index is 0.0923. The van der Waals surface area contributed by atoms with Crippen LogP contribution < -0.4 is 10.9 Å². The van der Waals surface area contributed by atoms with Crippen LogP contribution in [-0.2, 0) is 4.79 Å². The Morgan fingerprint density at radius 1 is 1.24 bits per heavy atom. The first kappa shape index (κ1) is 16.6. The fourth-order valence-electron chi connectivity index (χ4n) is 5.88. The molecule has 1 aromatic heterocycles. The highest BCUT2D eigenvalue weighted by molar-refractivity contribution is 5.78. The zero-order chi connectivity index (χ0) is 17.7. The minimum atomic E-state index is -4.18. The standard InChI is InChI=1S/C17H21F3N4O/c18-17(19,20)16-7-11-4-12(8-16)6-15(5-11,10-16)9-14(25)24-23-13-2-1-3-21-22-13/h1-3,11-12H,4-10H2,(H,22,23)(H,24,25). The second kappa shape index (κ2) is 5.57. The van der Waals surface area contributed by atoms with E-state index in [2.05, 4.69) is 21.0 Å². The summed E-state index contributed by atoms with van der Waals surface area (Å²) in [5.41, 5.74) is 3.13. The molecule has 0 aromatic carbocycles. The molecule has 4 aliphatic rings. The summed E-state index contributed by atoms with van der Waals surface area (Å²) in [6.45, 7) is 0. The van der Waals surface area contributed by atoms with Gasteiger partial charge < -0.3 is 0 Å². The van der Waals surface area contributed by atoms with E-state index in [4.69, 9.17) is 0 Å². The Labute approximate surface area is 143 Å². The Morgan fingerprint density at radius 3 is 2.56 bits per heavy atom. The highest BCUT2D eigenvalue weighted by Gasteiger charge is 2.67. The predicted molar refractivity (Wildman–Crippen MR) is 84.0 cm³/mol. The predicted octanol–water partition coefficient (Wildman–Crippen LogP) is 3.46. The molecule has 2 unspecified atom stereocenters. The first-order valence-corrected chi connectivity index (χ1v) is 8.69. The summed E-state index contributed by atoms with van der Waals surface area (Å²) in [7, 11) is 0. The van der Waals surface area contributed by atoms with Crippen LogP contribution in [0.2, 0.25) is 0 Å². The van der Waals surface area contributed by atoms with Crippen molar-refractivity contribution < 1.29 is 18.0 Å². The Morgan fingerprint density at radius 2 is 1.96 bits per heavy atom. The number of nitrogens with zero attached hydrogens (tertiary/aromatic N) is 2. The normalized spacial score (nSPS) is 36.3. The van der Waals surface area contributed by atoms with Gasteiger partial charge in [-0.1, -0.05) is 0 Å². The molecule has 136 valence electrons. The van der Waals surface area contributed by atoms with Gasteiger partial charge in [0.2, 0.25) is 5.91 Å². The van der Waals surface area contributed by atoms with E-state index in [1.807, 2.05) is 0 Å². The van der Waals surface area contributed by atoms with Gasteiger partial charge in [-0.2, -0.15) is 18.3 Å². The van der Waals surface area contributed by atoms with E-state index < -0.39 is 17.0 Å². The van der Waals surface area contributed by atoms with Crippen LogP contribution in [0.5, 0.6) is 0 Å². The SMILES string of the molecule is O=C(CC12CC3CC(C1)CC(C(F)(F)F)(C3)C2)NNc1cccnn1. The molecule has 0 saturated heterocycles. The monoisotopic (exact) mass is 354 g/mol. The lowest BCUT2D eigenvalue weighted by molar-refractivity contribution is -0.287. The Hall–Kier alpha value is -1.86. The van der Waals surface area contributed by atoms with E-state index in [0.29, 0.717) is 5.82 Å². The van der Waals surface area contributed by atoms with E-state index in [9.17, 15) is 18.0 Å². The van der Waals surface area contributed by atoms with Crippen LogP contribution in [0, 0.1) is 22.7 Å². The van der Waals surface area contributed by atoms with Gasteiger partial charge in [0.25, 0.3) is 0 Å². The van der Waals surface area contributed by atoms with Crippen LogP contribution in [0.15, 0.2) is 18.3 Å². The van der Waals surface area contributed by atoms with Crippen molar-refractivity contribution in [2.45, 2.75) is 51.1 Å². The lowest BCUT2D eigenvalue weighted by atomic mass is 9.43. The van der Waals surface area contributed by atoms with Gasteiger partial charge in [0.1, 0.15) is 0 Å². The number of hydrogen-bond acceptors (Lipinski definition) is 4. The molecule has 25 heavy (non-hydrogen) atoms. The summed E-state index contributed by atoms with van der Waals surface area (Å²) >= 11 is 0. The molecule has 1 aromatic rings. The fourth-order valence-corrected chi connectivity index (χ4v) is 5.88. The van der Waals surface area contributed by atoms with E-state index in [-0.39, 0.29) is 43.4 Å². The maximum Gasteiger partial charge on any atom is 0.394 e. The number of halogens is 3. The molecule has 0 aliphatic heterocycles. The molecule has 1 amide bonds. The summed E-state index contributed by atoms with van der Waals surface area (Å²) < 4.78 is 41.2. The molecule has 2 atom stereocenters. The van der Waals surface area contributed by atoms with Crippen molar-refractivity contribution >= 4 is 11.7 Å². The number of hydrazine groups is 1. The molecule has 1 heterocycles. The van der Waals surface area contributed by atoms with Gasteiger partial charge >= 0.3 is 6.18 Å². The van der Waals surface area contributed by atoms with Crippen LogP contribution in [0.4, 0.5) is 19.0 Å². The van der Waals surface area contributed by atoms with E-state index in [1.165, 1.54) is 6.20 Å². The number of carbonyl (C=O) groups excluding carboxylic acids is 1. The Balaban J connectivity index is 1.46. The molecule has 4 fully saturated rings. The largest absolute Gasteiger partial charge is 0.394 e. The summed E-state index contributed by atoms with van der Waals surface area (Å²) in [5.74, 6) is 0.310. The summed E-state index contributed by atoms with van der Waals surface area (Å²) in [6.07, 6.45) is 0.408. The lowest BCUT2D eigenvalue weighted by Crippen LogP contribution is -2.58. The van der Waals surface area contributed by atoms with Crippen LogP contribution in [0.25, 0.3) is 0 Å². The van der Waals surface area contributed by atoms with Crippen molar-refractivity contribution in [2.75, 3.05) is 5.43 Å². The molecule has 4 saturated carbocycles. The number of rotatable bonds is 4. The molecule has 0 spiro atoms. The maximum absolute atomic E-state index is 13.7. The average molecular weight is 354 g/mol. The average Bonchev–Trinajstić information content (AvgIpc) is 2.51. The van der Waals surface area contributed by atoms with Gasteiger partial charge in [0.05, 0.1) is 5.41 Å². The quantitative estimate of drug-likeness (QED) is 0.813. The number of carbonyl (C=O) groups is 1. The third-order valence-electron chi connectivity index (χ3n) is 6.22. The van der Waals surface area contributed by atoms with Gasteiger partial charge in [0.15, 0.2) is 5.82 Å². The molecule has 0 radical (unpaired) electrons. The first-order valence-electron chi connectivity index (χ1n) is 8.69. The number of amides is 1. The number of anilines is 1. The Kier molecular flexibility index (Phi) is 3.70. The number of aromatic nitrogens is 2. The topological polar surface area (TPSA) is 66.9 Å². The van der Waals surface area contributed by atoms with Crippen molar-refractivity contribution in [3.63, 3.8) is 0 Å². The van der Waals surface area contributed by atoms with Crippen molar-refractivity contribution in [2.24, 2.45) is 22.7 Å². The minimum Gasteiger partial charge on any atom is -0.280 e. The van der Waals surface area contributed by atoms with Crippen molar-refractivity contribution in [1.82, 2.24) is 15.6 Å². The molecule has 2 N–H and O–H groups in total. The third kappa shape index (κ3) is 2.95. The molecule has 4 aliphatic carbocycles. The second-order valence-corrected chi connectivity index (χ2v) is 8.20. The van der Waals surface area contributed by atoms with E-state index >= 15 is 0 Å². The van der Waals surface area contributed by atoms with Crippen LogP contribution >= 0.6 is 0 Å². The van der Waals surface area contributed by atoms with Gasteiger partial charge in [-0.15, -0.1) is 5.10 Å². The number of alkyl halides is 3. The summed E-state index contributed by atoms with van der Waals surface area (Å²) in [6, 6.07) is 3.32. The van der Waals surface area contributed by atoms with Crippen LogP contribution in [0.3, 0.4) is 0 Å². The maximum atomic E-state index is 13.7. The van der Waals surface area contributed by atoms with Crippen LogP contribution in [0.1, 0.15) is 44.9 Å². The van der Waals surface area contributed by atoms with Crippen molar-refractivity contribution in [3.05, 3.63) is 18.3 Å². The van der Waals surface area contributed by atoms with Gasteiger partial charge in [-0.25, -0.2) is 0 Å². The molecular formula is C17H21F3N4O. The zero-order valence-electron chi connectivity index (χ0n) is 13.8. The van der Waals surface area contributed by atoms with Crippen molar-refractivity contribution in [3.8, 4) is 0 Å². The summed E-state index contributed by atoms with van der Waals surface area (Å²) in [4.78, 5) is 12.4. The van der Waals surface area contributed by atoms with Crippen LogP contribution in [-0.4, -0.2) is 22.3 Å². The van der Waals surface area contributed by atoms with E-state index in [1.54, 1.807) is 12.1 Å². The van der Waals surface area contributed by atoms with Gasteiger partial charge in [-0.05, 0) is 67.9 Å². The summed E-state index contributed by atoms with van der Waals surface area (Å²) in [5, 5.41) is 7.49. The molecule has 4 bridgehead atoms. The first-order chi connectivity index (χ1) is 11.8. The second-order valence-electron chi connectivity index (χ2n) is 8.20. The zero-order valence-corrected chi connectivity index (χ0v) is 13.8. The lowest BCUT2D eigenvalue weighted by Gasteiger charge is -2.62.